The number of rotatable bonds is 16. The van der Waals surface area contributed by atoms with Crippen molar-refractivity contribution < 1.29 is 24.2 Å². The molecule has 3 fully saturated rings. The number of nitrogens with zero attached hydrogens (tertiary/aromatic N) is 4. The number of alkyl halides is 1. The molecule has 3 saturated heterocycles. The van der Waals surface area contributed by atoms with E-state index in [0.29, 0.717) is 43.6 Å². The molecular formula is C37H47BrN4O5. The lowest BCUT2D eigenvalue weighted by Crippen LogP contribution is -2.57. The molecule has 0 radical (unpaired) electrons. The van der Waals surface area contributed by atoms with Gasteiger partial charge < -0.3 is 29.4 Å². The Balaban J connectivity index is 1.54. The highest BCUT2D eigenvalue weighted by Crippen LogP contribution is 2.60. The van der Waals surface area contributed by atoms with Crippen LogP contribution in [0, 0.1) is 11.8 Å². The van der Waals surface area contributed by atoms with Crippen molar-refractivity contribution in [3.63, 3.8) is 0 Å². The van der Waals surface area contributed by atoms with E-state index in [0.717, 1.165) is 18.8 Å². The first kappa shape index (κ1) is 34.9. The number of ether oxygens (including phenoxy) is 1. The average Bonchev–Trinajstić information content (AvgIpc) is 3.68. The number of hydrogen-bond acceptors (Lipinski definition) is 6. The van der Waals surface area contributed by atoms with E-state index in [2.05, 4.69) is 47.8 Å². The van der Waals surface area contributed by atoms with E-state index in [-0.39, 0.29) is 42.2 Å². The molecule has 3 aliphatic rings. The van der Waals surface area contributed by atoms with Crippen LogP contribution in [0.1, 0.15) is 39.5 Å². The Morgan fingerprint density at radius 3 is 2.13 bits per heavy atom. The van der Waals surface area contributed by atoms with E-state index in [9.17, 15) is 19.5 Å². The van der Waals surface area contributed by atoms with Gasteiger partial charge in [-0.2, -0.15) is 0 Å². The van der Waals surface area contributed by atoms with Gasteiger partial charge in [0.15, 0.2) is 0 Å². The average molecular weight is 708 g/mol. The molecule has 47 heavy (non-hydrogen) atoms. The number of fused-ring (bicyclic) bond motifs is 1. The fourth-order valence-corrected chi connectivity index (χ4v) is 8.72. The van der Waals surface area contributed by atoms with E-state index in [1.165, 1.54) is 0 Å². The summed E-state index contributed by atoms with van der Waals surface area (Å²) in [6, 6.07) is 16.3. The molecule has 2 bridgehead atoms. The maximum absolute atomic E-state index is 14.9. The quantitative estimate of drug-likeness (QED) is 0.147. The van der Waals surface area contributed by atoms with E-state index in [1.807, 2.05) is 54.6 Å². The summed E-state index contributed by atoms with van der Waals surface area (Å²) in [6.07, 6.45) is 5.15. The fraction of sp³-hybridized carbons (Fsp3) is 0.486. The SMILES string of the molecule is C=CCN(C(=O)C1N(CCCCCO)C(=O)[C@@H]2[C@H](C(=O)N(CC=C)c3ccccc3)[C@H]3OC12CC3Br)c1ccc(N(CC)CC)cc1. The molecule has 1 N–H and O–H groups in total. The van der Waals surface area contributed by atoms with Gasteiger partial charge in [-0.15, -0.1) is 13.2 Å². The largest absolute Gasteiger partial charge is 0.396 e. The van der Waals surface area contributed by atoms with Gasteiger partial charge in [0.1, 0.15) is 11.6 Å². The van der Waals surface area contributed by atoms with E-state index < -0.39 is 29.6 Å². The molecule has 3 amide bonds. The maximum atomic E-state index is 14.9. The molecular weight excluding hydrogens is 660 g/mol. The van der Waals surface area contributed by atoms with E-state index in [4.69, 9.17) is 4.74 Å². The van der Waals surface area contributed by atoms with Crippen LogP contribution in [0.4, 0.5) is 17.1 Å². The number of likely N-dealkylation sites (tertiary alicyclic amines) is 1. The summed E-state index contributed by atoms with van der Waals surface area (Å²) >= 11 is 3.80. The van der Waals surface area contributed by atoms with Crippen LogP contribution >= 0.6 is 15.9 Å². The molecule has 6 atom stereocenters. The predicted molar refractivity (Wildman–Crippen MR) is 190 cm³/mol. The number of amides is 3. The minimum absolute atomic E-state index is 0.0602. The first-order chi connectivity index (χ1) is 22.8. The molecule has 0 aromatic heterocycles. The second kappa shape index (κ2) is 15.2. The monoisotopic (exact) mass is 706 g/mol. The van der Waals surface area contributed by atoms with Gasteiger partial charge in [-0.25, -0.2) is 0 Å². The van der Waals surface area contributed by atoms with Crippen molar-refractivity contribution in [3.8, 4) is 0 Å². The van der Waals surface area contributed by atoms with Crippen molar-refractivity contribution in [2.24, 2.45) is 11.8 Å². The normalized spacial score (nSPS) is 25.8. The molecule has 2 aromatic rings. The molecule has 0 saturated carbocycles. The molecule has 252 valence electrons. The Morgan fingerprint density at radius 2 is 1.53 bits per heavy atom. The number of para-hydroxylation sites is 1. The topological polar surface area (TPSA) is 93.6 Å². The number of aliphatic hydroxyl groups excluding tert-OH is 1. The highest BCUT2D eigenvalue weighted by molar-refractivity contribution is 9.09. The Kier molecular flexibility index (Phi) is 11.3. The van der Waals surface area contributed by atoms with Gasteiger partial charge in [0, 0.05) is 61.2 Å². The zero-order chi connectivity index (χ0) is 33.7. The summed E-state index contributed by atoms with van der Waals surface area (Å²) < 4.78 is 6.80. The number of carbonyl (C=O) groups excluding carboxylic acids is 3. The number of halogens is 1. The number of hydrogen-bond donors (Lipinski definition) is 1. The van der Waals surface area contributed by atoms with Gasteiger partial charge in [-0.3, -0.25) is 14.4 Å². The highest BCUT2D eigenvalue weighted by Gasteiger charge is 2.77. The number of aliphatic hydroxyl groups is 1. The fourth-order valence-electron chi connectivity index (χ4n) is 7.77. The molecule has 2 aromatic carbocycles. The molecule has 0 aliphatic carbocycles. The van der Waals surface area contributed by atoms with Gasteiger partial charge >= 0.3 is 0 Å². The van der Waals surface area contributed by atoms with Gasteiger partial charge in [0.25, 0.3) is 5.91 Å². The third kappa shape index (κ3) is 6.39. The van der Waals surface area contributed by atoms with Crippen molar-refractivity contribution in [3.05, 3.63) is 79.9 Å². The van der Waals surface area contributed by atoms with Crippen LogP contribution < -0.4 is 14.7 Å². The van der Waals surface area contributed by atoms with Crippen LogP contribution in [0.15, 0.2) is 79.9 Å². The first-order valence-electron chi connectivity index (χ1n) is 16.8. The van der Waals surface area contributed by atoms with Crippen molar-refractivity contribution in [2.75, 3.05) is 54.0 Å². The Morgan fingerprint density at radius 1 is 0.936 bits per heavy atom. The van der Waals surface area contributed by atoms with Crippen molar-refractivity contribution >= 4 is 50.7 Å². The Bertz CT molecular complexity index is 1430. The van der Waals surface area contributed by atoms with Crippen LogP contribution in [-0.4, -0.2) is 89.6 Å². The van der Waals surface area contributed by atoms with Gasteiger partial charge in [-0.05, 0) is 75.9 Å². The van der Waals surface area contributed by atoms with Crippen LogP contribution in [-0.2, 0) is 19.1 Å². The van der Waals surface area contributed by atoms with Crippen LogP contribution in [0.5, 0.6) is 0 Å². The summed E-state index contributed by atoms with van der Waals surface area (Å²) in [5.41, 5.74) is 1.30. The molecule has 9 nitrogen and oxygen atoms in total. The van der Waals surface area contributed by atoms with Gasteiger partial charge in [-0.1, -0.05) is 46.3 Å². The Hall–Kier alpha value is -3.47. The number of unbranched alkanes of at least 4 members (excludes halogenated alkanes) is 2. The zero-order valence-corrected chi connectivity index (χ0v) is 29.1. The molecule has 3 unspecified atom stereocenters. The second-order valence-electron chi connectivity index (χ2n) is 12.5. The minimum Gasteiger partial charge on any atom is -0.396 e. The van der Waals surface area contributed by atoms with E-state index in [1.54, 1.807) is 26.9 Å². The standard InChI is InChI=1S/C37H47BrN4O5/c1-5-21-40(27-15-11-9-12-16-27)34(44)30-31-35(45)42(23-13-10-14-24-43)33(37(31)25-29(38)32(30)47-37)36(46)41(22-6-2)28-19-17-26(18-20-28)39(7-3)8-4/h5-6,9,11-12,15-20,29-33,43H,1-2,7-8,10,13-14,21-25H2,3-4H3/t29?,30-,31-,32-,33?,37?/m0/s1. The minimum atomic E-state index is -1.18. The van der Waals surface area contributed by atoms with Crippen LogP contribution in [0.25, 0.3) is 0 Å². The smallest absolute Gasteiger partial charge is 0.253 e. The first-order valence-corrected chi connectivity index (χ1v) is 17.7. The second-order valence-corrected chi connectivity index (χ2v) is 13.7. The lowest BCUT2D eigenvalue weighted by molar-refractivity contribution is -0.140. The van der Waals surface area contributed by atoms with Crippen LogP contribution in [0.2, 0.25) is 0 Å². The summed E-state index contributed by atoms with van der Waals surface area (Å²) in [4.78, 5) is 51.0. The summed E-state index contributed by atoms with van der Waals surface area (Å²) in [6.45, 7) is 14.7. The van der Waals surface area contributed by atoms with Crippen molar-refractivity contribution in [2.45, 2.75) is 62.1 Å². The lowest BCUT2D eigenvalue weighted by Gasteiger charge is -2.37. The van der Waals surface area contributed by atoms with Crippen LogP contribution in [0.3, 0.4) is 0 Å². The molecule has 10 heteroatoms. The van der Waals surface area contributed by atoms with Gasteiger partial charge in [0.2, 0.25) is 11.8 Å². The summed E-state index contributed by atoms with van der Waals surface area (Å²) in [5.74, 6) is -2.28. The number of benzene rings is 2. The number of anilines is 3. The third-order valence-corrected chi connectivity index (χ3v) is 10.7. The lowest BCUT2D eigenvalue weighted by atomic mass is 9.70. The van der Waals surface area contributed by atoms with E-state index >= 15 is 0 Å². The molecule has 3 aliphatic heterocycles. The molecule has 1 spiro atoms. The van der Waals surface area contributed by atoms with Gasteiger partial charge in [0.05, 0.1) is 17.9 Å². The summed E-state index contributed by atoms with van der Waals surface area (Å²) in [5, 5.41) is 9.40. The molecule has 3 heterocycles. The Labute approximate surface area is 287 Å². The molecule has 5 rings (SSSR count). The van der Waals surface area contributed by atoms with Crippen molar-refractivity contribution in [1.82, 2.24) is 4.90 Å². The predicted octanol–water partition coefficient (Wildman–Crippen LogP) is 5.18. The highest BCUT2D eigenvalue weighted by atomic mass is 79.9. The maximum Gasteiger partial charge on any atom is 0.253 e. The number of carbonyl (C=O) groups is 3. The van der Waals surface area contributed by atoms with Crippen molar-refractivity contribution in [1.29, 1.82) is 0 Å². The zero-order valence-electron chi connectivity index (χ0n) is 27.5. The summed E-state index contributed by atoms with van der Waals surface area (Å²) in [7, 11) is 0. The third-order valence-electron chi connectivity index (χ3n) is 9.88.